The minimum atomic E-state index is -0.576. The zero-order chi connectivity index (χ0) is 28.2. The minimum absolute atomic E-state index is 0.0956. The maximum Gasteiger partial charge on any atom is 0.228 e. The van der Waals surface area contributed by atoms with Crippen LogP contribution < -0.4 is 14.8 Å². The Hall–Kier alpha value is -4.79. The lowest BCUT2D eigenvalue weighted by Crippen LogP contribution is -2.31. The summed E-state index contributed by atoms with van der Waals surface area (Å²) < 4.78 is 32.6. The van der Waals surface area contributed by atoms with Crippen molar-refractivity contribution in [1.29, 1.82) is 0 Å². The lowest BCUT2D eigenvalue weighted by Gasteiger charge is -2.20. The van der Waals surface area contributed by atoms with Crippen molar-refractivity contribution in [2.45, 2.75) is 26.4 Å². The third kappa shape index (κ3) is 5.36. The van der Waals surface area contributed by atoms with Crippen molar-refractivity contribution in [1.82, 2.24) is 14.9 Å². The van der Waals surface area contributed by atoms with Crippen molar-refractivity contribution in [3.05, 3.63) is 101 Å². The molecule has 1 atom stereocenters. The van der Waals surface area contributed by atoms with Crippen molar-refractivity contribution in [2.24, 2.45) is 5.92 Å². The summed E-state index contributed by atoms with van der Waals surface area (Å²) in [6, 6.07) is 11.6. The highest BCUT2D eigenvalue weighted by atomic mass is 19.1. The first-order valence-corrected chi connectivity index (χ1v) is 12.8. The van der Waals surface area contributed by atoms with Gasteiger partial charge in [0.2, 0.25) is 11.7 Å². The van der Waals surface area contributed by atoms with Crippen LogP contribution in [0.4, 0.5) is 4.39 Å². The molecule has 206 valence electrons. The van der Waals surface area contributed by atoms with Crippen LogP contribution in [0.25, 0.3) is 17.2 Å². The Morgan fingerprint density at radius 1 is 1.18 bits per heavy atom. The second-order valence-corrected chi connectivity index (χ2v) is 9.50. The highest BCUT2D eigenvalue weighted by Crippen LogP contribution is 2.47. The second-order valence-electron chi connectivity index (χ2n) is 9.50. The van der Waals surface area contributed by atoms with Crippen LogP contribution in [-0.4, -0.2) is 34.8 Å². The van der Waals surface area contributed by atoms with E-state index in [0.29, 0.717) is 24.3 Å². The molecule has 5 rings (SSSR count). The van der Waals surface area contributed by atoms with Gasteiger partial charge in [-0.2, -0.15) is 0 Å². The molecule has 0 bridgehead atoms. The van der Waals surface area contributed by atoms with E-state index in [2.05, 4.69) is 10.3 Å². The smallest absolute Gasteiger partial charge is 0.228 e. The highest BCUT2D eigenvalue weighted by Gasteiger charge is 2.33. The van der Waals surface area contributed by atoms with E-state index in [4.69, 9.17) is 13.9 Å². The number of methoxy groups -OCH3 is 2. The number of fused-ring (bicyclic) bond motifs is 1. The van der Waals surface area contributed by atoms with Crippen LogP contribution in [0.3, 0.4) is 0 Å². The zero-order valence-corrected chi connectivity index (χ0v) is 22.5. The number of allylic oxidation sites excluding steroid dienone is 2. The number of imidazole rings is 1. The number of halogens is 1. The molecule has 0 aliphatic heterocycles. The Morgan fingerprint density at radius 3 is 2.60 bits per heavy atom. The van der Waals surface area contributed by atoms with Gasteiger partial charge >= 0.3 is 0 Å². The second kappa shape index (κ2) is 11.5. The Bertz CT molecular complexity index is 1550. The first-order valence-electron chi connectivity index (χ1n) is 12.8. The number of nitrogens with zero attached hydrogens (tertiary/aromatic N) is 2. The number of aryl methyl sites for hydroxylation is 1. The van der Waals surface area contributed by atoms with Crippen LogP contribution in [0.1, 0.15) is 35.8 Å². The van der Waals surface area contributed by atoms with E-state index >= 15 is 0 Å². The van der Waals surface area contributed by atoms with Gasteiger partial charge in [-0.25, -0.2) is 9.37 Å². The summed E-state index contributed by atoms with van der Waals surface area (Å²) in [5.41, 5.74) is 4.66. The number of amides is 1. The van der Waals surface area contributed by atoms with E-state index < -0.39 is 5.92 Å². The van der Waals surface area contributed by atoms with Gasteiger partial charge in [0, 0.05) is 18.9 Å². The summed E-state index contributed by atoms with van der Waals surface area (Å²) in [5, 5.41) is 13.4. The molecule has 0 saturated carbocycles. The number of benzene rings is 2. The number of phenols is 1. The first-order chi connectivity index (χ1) is 19.4. The van der Waals surface area contributed by atoms with E-state index in [9.17, 15) is 14.3 Å². The molecule has 0 radical (unpaired) electrons. The van der Waals surface area contributed by atoms with E-state index in [0.717, 1.165) is 27.8 Å². The molecule has 2 aromatic heterocycles. The number of carbonyl (C=O) groups is 1. The first kappa shape index (κ1) is 26.8. The monoisotopic (exact) mass is 543 g/mol. The largest absolute Gasteiger partial charge is 0.502 e. The van der Waals surface area contributed by atoms with Gasteiger partial charge < -0.3 is 28.9 Å². The number of nitrogens with one attached hydrogen (secondary N) is 1. The lowest BCUT2D eigenvalue weighted by atomic mass is 9.88. The van der Waals surface area contributed by atoms with Crippen molar-refractivity contribution in [3.63, 3.8) is 0 Å². The molecule has 1 unspecified atom stereocenters. The van der Waals surface area contributed by atoms with Gasteiger partial charge in [0.1, 0.15) is 11.6 Å². The molecular formula is C31H30FN3O5. The molecule has 0 saturated heterocycles. The van der Waals surface area contributed by atoms with Crippen LogP contribution in [0.15, 0.2) is 77.4 Å². The number of furan rings is 1. The molecule has 1 amide bonds. The normalized spacial score (nSPS) is 14.3. The fraction of sp³-hybridized carbons (Fsp3) is 0.226. The van der Waals surface area contributed by atoms with Gasteiger partial charge in [0.25, 0.3) is 0 Å². The van der Waals surface area contributed by atoms with Gasteiger partial charge in [0.05, 0.1) is 39.3 Å². The molecule has 9 heteroatoms. The number of hydrogen-bond donors (Lipinski definition) is 2. The van der Waals surface area contributed by atoms with Gasteiger partial charge in [-0.3, -0.25) is 4.79 Å². The molecule has 2 heterocycles. The molecule has 2 aromatic carbocycles. The predicted molar refractivity (Wildman–Crippen MR) is 149 cm³/mol. The average molecular weight is 544 g/mol. The number of hydrogen-bond acceptors (Lipinski definition) is 6. The van der Waals surface area contributed by atoms with Gasteiger partial charge in [0.15, 0.2) is 11.5 Å². The quantitative estimate of drug-likeness (QED) is 0.267. The summed E-state index contributed by atoms with van der Waals surface area (Å²) in [4.78, 5) is 17.8. The summed E-state index contributed by atoms with van der Waals surface area (Å²) in [7, 11) is 2.93. The minimum Gasteiger partial charge on any atom is -0.502 e. The molecule has 40 heavy (non-hydrogen) atoms. The maximum absolute atomic E-state index is 14.6. The van der Waals surface area contributed by atoms with Crippen LogP contribution in [0.2, 0.25) is 0 Å². The molecule has 1 aliphatic rings. The number of carbonyl (C=O) groups excluding carboxylic acids is 1. The SMILES string of the molecule is COc1cc(/C=C2/C(C)=C(C(CCn3ccnc3)C(=O)NCc3ccco3)c3cc(F)ccc32)cc(OC)c1O. The van der Waals surface area contributed by atoms with E-state index in [1.165, 1.54) is 26.4 Å². The Morgan fingerprint density at radius 2 is 1.95 bits per heavy atom. The van der Waals surface area contributed by atoms with Gasteiger partial charge in [-0.05, 0) is 89.2 Å². The highest BCUT2D eigenvalue weighted by molar-refractivity contribution is 6.09. The van der Waals surface area contributed by atoms with E-state index in [-0.39, 0.29) is 35.5 Å². The fourth-order valence-corrected chi connectivity index (χ4v) is 5.14. The summed E-state index contributed by atoms with van der Waals surface area (Å²) in [6.45, 7) is 2.73. The van der Waals surface area contributed by atoms with E-state index in [1.54, 1.807) is 49.1 Å². The van der Waals surface area contributed by atoms with Crippen LogP contribution in [0, 0.1) is 11.7 Å². The van der Waals surface area contributed by atoms with Crippen LogP contribution in [-0.2, 0) is 17.9 Å². The number of ether oxygens (including phenoxy) is 2. The zero-order valence-electron chi connectivity index (χ0n) is 22.5. The summed E-state index contributed by atoms with van der Waals surface area (Å²) >= 11 is 0. The number of aromatic nitrogens is 2. The van der Waals surface area contributed by atoms with Crippen LogP contribution in [0.5, 0.6) is 17.2 Å². The molecule has 0 fully saturated rings. The summed E-state index contributed by atoms with van der Waals surface area (Å²) in [5.74, 6) is -0.0738. The van der Waals surface area contributed by atoms with Crippen LogP contribution >= 0.6 is 0 Å². The number of aromatic hydroxyl groups is 1. The predicted octanol–water partition coefficient (Wildman–Crippen LogP) is 5.69. The van der Waals surface area contributed by atoms with Crippen molar-refractivity contribution in [2.75, 3.05) is 14.2 Å². The third-order valence-electron chi connectivity index (χ3n) is 7.10. The molecule has 8 nitrogen and oxygen atoms in total. The summed E-state index contributed by atoms with van der Waals surface area (Å²) in [6.07, 6.45) is 9.20. The molecule has 0 spiro atoms. The lowest BCUT2D eigenvalue weighted by molar-refractivity contribution is -0.123. The average Bonchev–Trinajstić information content (AvgIpc) is 3.72. The van der Waals surface area contributed by atoms with E-state index in [1.807, 2.05) is 23.8 Å². The van der Waals surface area contributed by atoms with Crippen molar-refractivity contribution >= 4 is 23.1 Å². The Kier molecular flexibility index (Phi) is 7.72. The topological polar surface area (TPSA) is 98.8 Å². The molecule has 1 aliphatic carbocycles. The van der Waals surface area contributed by atoms with Crippen molar-refractivity contribution < 1.29 is 28.2 Å². The molecule has 4 aromatic rings. The van der Waals surface area contributed by atoms with Crippen molar-refractivity contribution in [3.8, 4) is 17.2 Å². The molecule has 2 N–H and O–H groups in total. The Labute approximate surface area is 231 Å². The third-order valence-corrected chi connectivity index (χ3v) is 7.10. The number of phenolic OH excluding ortho intramolecular Hbond substituents is 1. The number of rotatable bonds is 10. The van der Waals surface area contributed by atoms with Gasteiger partial charge in [-0.1, -0.05) is 6.07 Å². The molecular weight excluding hydrogens is 513 g/mol. The Balaban J connectivity index is 1.59. The fourth-order valence-electron chi connectivity index (χ4n) is 5.14. The standard InChI is InChI=1S/C31H30FN3O5/c1-19-25(13-20-14-27(38-2)30(36)28(15-20)39-3)23-7-6-21(32)16-26(23)29(19)24(8-10-35-11-9-33-18-35)31(37)34-17-22-5-4-12-40-22/h4-7,9,11-16,18,24,36H,8,10,17H2,1-3H3,(H,34,37)/b25-13-. The maximum atomic E-state index is 14.6. The van der Waals surface area contributed by atoms with Gasteiger partial charge in [-0.15, -0.1) is 0 Å².